The van der Waals surface area contributed by atoms with Gasteiger partial charge in [0.25, 0.3) is 0 Å². The fraction of sp³-hybridized carbons (Fsp3) is 0.357. The number of aliphatic carboxylic acids is 1. The van der Waals surface area contributed by atoms with Gasteiger partial charge >= 0.3 is 5.97 Å². The van der Waals surface area contributed by atoms with Gasteiger partial charge in [0.2, 0.25) is 0 Å². The first-order chi connectivity index (χ1) is 9.66. The molecule has 2 N–H and O–H groups in total. The number of nitrogens with zero attached hydrogens (tertiary/aromatic N) is 1. The number of hydrogen-bond donors (Lipinski definition) is 2. The van der Waals surface area contributed by atoms with E-state index in [2.05, 4.69) is 4.98 Å². The van der Waals surface area contributed by atoms with Gasteiger partial charge in [0.05, 0.1) is 0 Å². The van der Waals surface area contributed by atoms with Gasteiger partial charge in [-0.25, -0.2) is 0 Å². The zero-order valence-electron chi connectivity index (χ0n) is 10.8. The minimum Gasteiger partial charge on any atom is -0.480 e. The molecule has 1 aliphatic heterocycles. The molecule has 1 aromatic heterocycles. The summed E-state index contributed by atoms with van der Waals surface area (Å²) >= 11 is 7.91. The summed E-state index contributed by atoms with van der Waals surface area (Å²) in [5.74, 6) is 1.15. The fourth-order valence-electron chi connectivity index (χ4n) is 2.66. The van der Waals surface area contributed by atoms with Crippen molar-refractivity contribution in [2.75, 3.05) is 24.6 Å². The zero-order valence-corrected chi connectivity index (χ0v) is 12.4. The third-order valence-electron chi connectivity index (χ3n) is 3.62. The third kappa shape index (κ3) is 2.53. The van der Waals surface area contributed by atoms with Crippen LogP contribution in [0.1, 0.15) is 11.6 Å². The molecule has 1 aliphatic rings. The molecular weight excluding hydrogens is 296 g/mol. The Bertz CT molecular complexity index is 637. The summed E-state index contributed by atoms with van der Waals surface area (Å²) in [5.41, 5.74) is 1.71. The number of hydrogen-bond acceptors (Lipinski definition) is 3. The van der Waals surface area contributed by atoms with Crippen molar-refractivity contribution in [2.45, 2.75) is 6.04 Å². The predicted molar refractivity (Wildman–Crippen MR) is 82.6 cm³/mol. The number of carboxylic acid groups (broad SMARTS) is 1. The van der Waals surface area contributed by atoms with Gasteiger partial charge in [-0.3, -0.25) is 9.69 Å². The van der Waals surface area contributed by atoms with Crippen molar-refractivity contribution in [1.82, 2.24) is 9.88 Å². The Kier molecular flexibility index (Phi) is 3.92. The van der Waals surface area contributed by atoms with Crippen LogP contribution in [0.4, 0.5) is 0 Å². The first kappa shape index (κ1) is 13.8. The van der Waals surface area contributed by atoms with Crippen LogP contribution in [0, 0.1) is 0 Å². The molecule has 2 aromatic rings. The molecule has 0 aliphatic carbocycles. The van der Waals surface area contributed by atoms with E-state index in [0.29, 0.717) is 5.02 Å². The molecule has 106 valence electrons. The first-order valence-electron chi connectivity index (χ1n) is 6.48. The molecule has 0 bridgehead atoms. The number of fused-ring (bicyclic) bond motifs is 1. The molecule has 20 heavy (non-hydrogen) atoms. The maximum Gasteiger partial charge on any atom is 0.325 e. The Morgan fingerprint density at radius 3 is 2.85 bits per heavy atom. The maximum atomic E-state index is 11.7. The standard InChI is InChI=1S/C14H15ClN2O2S/c15-9-1-2-12-10(7-9)11(8-16-12)13(14(18)19)17-3-5-20-6-4-17/h1-2,7-8,13,16H,3-6H2,(H,18,19)/t13-/m0/s1. The van der Waals surface area contributed by atoms with Gasteiger partial charge in [0.15, 0.2) is 0 Å². The molecule has 1 fully saturated rings. The van der Waals surface area contributed by atoms with E-state index in [1.54, 1.807) is 12.3 Å². The number of H-pyrrole nitrogens is 1. The molecule has 0 saturated carbocycles. The number of nitrogens with one attached hydrogen (secondary N) is 1. The molecule has 1 saturated heterocycles. The van der Waals surface area contributed by atoms with Crippen LogP contribution >= 0.6 is 23.4 Å². The number of benzene rings is 1. The second-order valence-corrected chi connectivity index (χ2v) is 6.48. The Morgan fingerprint density at radius 2 is 2.15 bits per heavy atom. The predicted octanol–water partition coefficient (Wildman–Crippen LogP) is 3.00. The Hall–Kier alpha value is -1.17. The Balaban J connectivity index is 2.04. The number of thioether (sulfide) groups is 1. The fourth-order valence-corrected chi connectivity index (χ4v) is 3.77. The molecule has 0 unspecified atom stereocenters. The zero-order chi connectivity index (χ0) is 14.1. The monoisotopic (exact) mass is 310 g/mol. The van der Waals surface area contributed by atoms with E-state index in [9.17, 15) is 9.90 Å². The SMILES string of the molecule is O=C(O)[C@H](c1c[nH]c2ccc(Cl)cc12)N1CCSCC1. The van der Waals surface area contributed by atoms with E-state index in [4.69, 9.17) is 11.6 Å². The van der Waals surface area contributed by atoms with Crippen molar-refractivity contribution in [3.63, 3.8) is 0 Å². The maximum absolute atomic E-state index is 11.7. The minimum atomic E-state index is -0.808. The van der Waals surface area contributed by atoms with E-state index >= 15 is 0 Å². The lowest BCUT2D eigenvalue weighted by molar-refractivity contribution is -0.143. The number of aromatic nitrogens is 1. The van der Waals surface area contributed by atoms with Crippen molar-refractivity contribution in [1.29, 1.82) is 0 Å². The van der Waals surface area contributed by atoms with E-state index in [1.807, 2.05) is 28.8 Å². The van der Waals surface area contributed by atoms with Crippen molar-refractivity contribution in [2.24, 2.45) is 0 Å². The molecule has 0 amide bonds. The first-order valence-corrected chi connectivity index (χ1v) is 8.01. The summed E-state index contributed by atoms with van der Waals surface area (Å²) in [7, 11) is 0. The number of aromatic amines is 1. The highest BCUT2D eigenvalue weighted by Crippen LogP contribution is 2.31. The highest BCUT2D eigenvalue weighted by atomic mass is 35.5. The highest BCUT2D eigenvalue weighted by Gasteiger charge is 2.30. The number of carboxylic acids is 1. The number of carbonyl (C=O) groups is 1. The molecule has 6 heteroatoms. The summed E-state index contributed by atoms with van der Waals surface area (Å²) < 4.78 is 0. The van der Waals surface area contributed by atoms with Crippen LogP contribution in [-0.4, -0.2) is 45.6 Å². The van der Waals surface area contributed by atoms with Crippen LogP contribution in [0.25, 0.3) is 10.9 Å². The summed E-state index contributed by atoms with van der Waals surface area (Å²) in [6.45, 7) is 1.60. The largest absolute Gasteiger partial charge is 0.480 e. The molecule has 1 aromatic carbocycles. The van der Waals surface area contributed by atoms with Gasteiger partial charge < -0.3 is 10.1 Å². The quantitative estimate of drug-likeness (QED) is 0.915. The second-order valence-electron chi connectivity index (χ2n) is 4.82. The summed E-state index contributed by atoms with van der Waals surface area (Å²) in [6, 6.07) is 4.91. The molecule has 0 spiro atoms. The van der Waals surface area contributed by atoms with Gasteiger partial charge in [-0.2, -0.15) is 11.8 Å². The molecule has 0 radical (unpaired) electrons. The van der Waals surface area contributed by atoms with E-state index in [-0.39, 0.29) is 0 Å². The average molecular weight is 311 g/mol. The molecule has 3 rings (SSSR count). The van der Waals surface area contributed by atoms with Crippen molar-refractivity contribution >= 4 is 40.2 Å². The van der Waals surface area contributed by atoms with E-state index < -0.39 is 12.0 Å². The molecule has 1 atom stereocenters. The van der Waals surface area contributed by atoms with Gasteiger partial charge in [-0.15, -0.1) is 0 Å². The lowest BCUT2D eigenvalue weighted by Gasteiger charge is -2.31. The highest BCUT2D eigenvalue weighted by molar-refractivity contribution is 7.99. The average Bonchev–Trinajstić information content (AvgIpc) is 2.83. The smallest absolute Gasteiger partial charge is 0.325 e. The summed E-state index contributed by atoms with van der Waals surface area (Å²) in [4.78, 5) is 16.9. The van der Waals surface area contributed by atoms with Crippen molar-refractivity contribution in [3.8, 4) is 0 Å². The summed E-state index contributed by atoms with van der Waals surface area (Å²) in [5, 5.41) is 11.1. The third-order valence-corrected chi connectivity index (χ3v) is 4.79. The second kappa shape index (κ2) is 5.68. The normalized spacial score (nSPS) is 18.2. The lowest BCUT2D eigenvalue weighted by atomic mass is 10.0. The lowest BCUT2D eigenvalue weighted by Crippen LogP contribution is -2.39. The number of halogens is 1. The van der Waals surface area contributed by atoms with Crippen LogP contribution in [0.2, 0.25) is 5.02 Å². The van der Waals surface area contributed by atoms with E-state index in [1.165, 1.54) is 0 Å². The molecular formula is C14H15ClN2O2S. The Morgan fingerprint density at radius 1 is 1.40 bits per heavy atom. The van der Waals surface area contributed by atoms with Crippen LogP contribution in [0.3, 0.4) is 0 Å². The van der Waals surface area contributed by atoms with Crippen LogP contribution in [0.5, 0.6) is 0 Å². The van der Waals surface area contributed by atoms with Gasteiger partial charge in [-0.1, -0.05) is 11.6 Å². The summed E-state index contributed by atoms with van der Waals surface area (Å²) in [6.07, 6.45) is 1.79. The van der Waals surface area contributed by atoms with Crippen LogP contribution in [-0.2, 0) is 4.79 Å². The molecule has 4 nitrogen and oxygen atoms in total. The topological polar surface area (TPSA) is 56.3 Å². The number of rotatable bonds is 3. The van der Waals surface area contributed by atoms with Gasteiger partial charge in [0.1, 0.15) is 6.04 Å². The van der Waals surface area contributed by atoms with Crippen molar-refractivity contribution in [3.05, 3.63) is 35.0 Å². The van der Waals surface area contributed by atoms with Gasteiger partial charge in [-0.05, 0) is 18.2 Å². The van der Waals surface area contributed by atoms with Gasteiger partial charge in [0, 0.05) is 52.3 Å². The van der Waals surface area contributed by atoms with Crippen LogP contribution in [0.15, 0.2) is 24.4 Å². The van der Waals surface area contributed by atoms with Crippen molar-refractivity contribution < 1.29 is 9.90 Å². The molecule has 2 heterocycles. The van der Waals surface area contributed by atoms with Crippen LogP contribution < -0.4 is 0 Å². The van der Waals surface area contributed by atoms with E-state index in [0.717, 1.165) is 41.1 Å². The minimum absolute atomic E-state index is 0.608. The Labute approximate surface area is 126 Å².